The molecule has 0 saturated heterocycles. The van der Waals surface area contributed by atoms with Crippen LogP contribution in [0.15, 0.2) is 35.7 Å². The number of rotatable bonds is 5. The summed E-state index contributed by atoms with van der Waals surface area (Å²) in [6, 6.07) is 11.8. The molecule has 1 aromatic heterocycles. The Hall–Kier alpha value is -2.72. The van der Waals surface area contributed by atoms with E-state index >= 15 is 0 Å². The average molecular weight is 383 g/mol. The minimum atomic E-state index is -0.994. The molecular formula is C20H21N3O3S. The van der Waals surface area contributed by atoms with Crippen LogP contribution in [0.25, 0.3) is 10.6 Å². The highest BCUT2D eigenvalue weighted by Crippen LogP contribution is 2.28. The molecule has 27 heavy (non-hydrogen) atoms. The number of aromatic nitrogens is 1. The monoisotopic (exact) mass is 383 g/mol. The molecule has 3 rings (SSSR count). The number of ether oxygens (including phenoxy) is 1. The van der Waals surface area contributed by atoms with Crippen molar-refractivity contribution >= 4 is 23.2 Å². The minimum absolute atomic E-state index is 0.172. The number of hydrogen-bond acceptors (Lipinski definition) is 6. The lowest BCUT2D eigenvalue weighted by Crippen LogP contribution is -2.52. The molecule has 1 heterocycles. The molecular weight excluding hydrogens is 362 g/mol. The summed E-state index contributed by atoms with van der Waals surface area (Å²) < 4.78 is 5.26. The van der Waals surface area contributed by atoms with Crippen LogP contribution in [0.5, 0.6) is 0 Å². The Kier molecular flexibility index (Phi) is 5.87. The normalized spacial score (nSPS) is 16.7. The van der Waals surface area contributed by atoms with Crippen LogP contribution in [0.1, 0.15) is 49.5 Å². The predicted octanol–water partition coefficient (Wildman–Crippen LogP) is 3.70. The van der Waals surface area contributed by atoms with E-state index in [1.54, 1.807) is 5.38 Å². The first-order chi connectivity index (χ1) is 13.0. The van der Waals surface area contributed by atoms with E-state index < -0.39 is 23.5 Å². The zero-order valence-electron chi connectivity index (χ0n) is 15.1. The molecule has 0 radical (unpaired) electrons. The van der Waals surface area contributed by atoms with Crippen molar-refractivity contribution in [2.75, 3.05) is 0 Å². The van der Waals surface area contributed by atoms with E-state index in [2.05, 4.69) is 16.4 Å². The molecule has 1 fully saturated rings. The quantitative estimate of drug-likeness (QED) is 0.795. The lowest BCUT2D eigenvalue weighted by molar-refractivity contribution is -0.130. The van der Waals surface area contributed by atoms with Crippen molar-refractivity contribution in [1.29, 1.82) is 5.26 Å². The number of nitrogens with zero attached hydrogens (tertiary/aromatic N) is 2. The third-order valence-corrected chi connectivity index (χ3v) is 5.56. The molecule has 1 amide bonds. The molecule has 1 aliphatic rings. The lowest BCUT2D eigenvalue weighted by Gasteiger charge is -2.32. The van der Waals surface area contributed by atoms with E-state index in [4.69, 9.17) is 4.74 Å². The Labute approximate surface area is 162 Å². The van der Waals surface area contributed by atoms with Crippen LogP contribution in [0.4, 0.5) is 0 Å². The van der Waals surface area contributed by atoms with Gasteiger partial charge < -0.3 is 10.1 Å². The molecule has 0 aliphatic heterocycles. The van der Waals surface area contributed by atoms with Crippen LogP contribution >= 0.6 is 11.3 Å². The van der Waals surface area contributed by atoms with Crippen molar-refractivity contribution in [2.45, 2.75) is 50.7 Å². The van der Waals surface area contributed by atoms with Gasteiger partial charge in [-0.1, -0.05) is 49.6 Å². The number of carbonyl (C=O) groups excluding carboxylic acids is 2. The largest absolute Gasteiger partial charge is 0.448 e. The highest BCUT2D eigenvalue weighted by Gasteiger charge is 2.35. The van der Waals surface area contributed by atoms with Crippen molar-refractivity contribution in [3.05, 3.63) is 41.4 Å². The molecule has 1 aromatic carbocycles. The molecule has 1 atom stereocenters. The van der Waals surface area contributed by atoms with Gasteiger partial charge in [-0.3, -0.25) is 4.79 Å². The number of nitrogens with one attached hydrogen (secondary N) is 1. The summed E-state index contributed by atoms with van der Waals surface area (Å²) >= 11 is 1.34. The molecule has 2 aromatic rings. The van der Waals surface area contributed by atoms with Crippen molar-refractivity contribution < 1.29 is 14.3 Å². The number of benzene rings is 1. The summed E-state index contributed by atoms with van der Waals surface area (Å²) in [5.41, 5.74) is 0.240. The van der Waals surface area contributed by atoms with Gasteiger partial charge in [-0.25, -0.2) is 9.78 Å². The maximum atomic E-state index is 12.4. The number of carbonyl (C=O) groups is 2. The Morgan fingerprint density at radius 1 is 1.26 bits per heavy atom. The Balaban J connectivity index is 1.61. The van der Waals surface area contributed by atoms with Gasteiger partial charge in [0.2, 0.25) is 0 Å². The second-order valence-corrected chi connectivity index (χ2v) is 7.55. The summed E-state index contributed by atoms with van der Waals surface area (Å²) in [6.07, 6.45) is 3.14. The van der Waals surface area contributed by atoms with Crippen molar-refractivity contribution in [2.24, 2.45) is 0 Å². The lowest BCUT2D eigenvalue weighted by atomic mass is 9.83. The van der Waals surface area contributed by atoms with Crippen LogP contribution in [0.3, 0.4) is 0 Å². The Morgan fingerprint density at radius 3 is 2.63 bits per heavy atom. The number of amides is 1. The van der Waals surface area contributed by atoms with Crippen LogP contribution in [-0.2, 0) is 9.53 Å². The molecule has 0 unspecified atom stereocenters. The summed E-state index contributed by atoms with van der Waals surface area (Å²) in [7, 11) is 0. The Bertz CT molecular complexity index is 851. The standard InChI is InChI=1S/C20H21N3O3S/c1-14(17(24)23-20(13-21)10-6-3-7-11-20)26-19(25)16-12-27-18(22-16)15-8-4-2-5-9-15/h2,4-5,8-9,12,14H,3,6-7,10-11H2,1H3,(H,23,24)/t14-/m1/s1. The Morgan fingerprint density at radius 2 is 1.96 bits per heavy atom. The zero-order valence-corrected chi connectivity index (χ0v) is 15.9. The van der Waals surface area contributed by atoms with Gasteiger partial charge in [-0.15, -0.1) is 11.3 Å². The fourth-order valence-electron chi connectivity index (χ4n) is 3.11. The van der Waals surface area contributed by atoms with Crippen LogP contribution in [0, 0.1) is 11.3 Å². The van der Waals surface area contributed by atoms with Crippen LogP contribution in [0.2, 0.25) is 0 Å². The number of esters is 1. The van der Waals surface area contributed by atoms with Gasteiger partial charge in [0.05, 0.1) is 6.07 Å². The molecule has 0 bridgehead atoms. The fraction of sp³-hybridized carbons (Fsp3) is 0.400. The second kappa shape index (κ2) is 8.31. The van der Waals surface area contributed by atoms with Gasteiger partial charge in [0.1, 0.15) is 10.5 Å². The third kappa shape index (κ3) is 4.52. The molecule has 1 N–H and O–H groups in total. The number of nitriles is 1. The van der Waals surface area contributed by atoms with Crippen molar-refractivity contribution in [3.63, 3.8) is 0 Å². The van der Waals surface area contributed by atoms with E-state index in [-0.39, 0.29) is 5.69 Å². The van der Waals surface area contributed by atoms with Crippen molar-refractivity contribution in [3.8, 4) is 16.6 Å². The van der Waals surface area contributed by atoms with E-state index in [1.807, 2.05) is 30.3 Å². The molecule has 0 spiro atoms. The molecule has 140 valence electrons. The van der Waals surface area contributed by atoms with Crippen LogP contribution < -0.4 is 5.32 Å². The first-order valence-electron chi connectivity index (χ1n) is 8.98. The fourth-order valence-corrected chi connectivity index (χ4v) is 3.91. The topological polar surface area (TPSA) is 92.1 Å². The van der Waals surface area contributed by atoms with Gasteiger partial charge in [-0.05, 0) is 19.8 Å². The number of hydrogen-bond donors (Lipinski definition) is 1. The average Bonchev–Trinajstić information content (AvgIpc) is 3.19. The molecule has 6 nitrogen and oxygen atoms in total. The van der Waals surface area contributed by atoms with Crippen LogP contribution in [-0.4, -0.2) is 28.5 Å². The smallest absolute Gasteiger partial charge is 0.358 e. The minimum Gasteiger partial charge on any atom is -0.448 e. The van der Waals surface area contributed by atoms with E-state index in [0.29, 0.717) is 17.8 Å². The summed E-state index contributed by atoms with van der Waals surface area (Å²) in [5.74, 6) is -1.10. The zero-order chi connectivity index (χ0) is 19.3. The van der Waals surface area contributed by atoms with Gasteiger partial charge >= 0.3 is 5.97 Å². The van der Waals surface area contributed by atoms with E-state index in [0.717, 1.165) is 24.8 Å². The van der Waals surface area contributed by atoms with Gasteiger partial charge in [0.25, 0.3) is 5.91 Å². The first kappa shape index (κ1) is 19.1. The molecule has 1 saturated carbocycles. The second-order valence-electron chi connectivity index (χ2n) is 6.70. The maximum absolute atomic E-state index is 12.4. The maximum Gasteiger partial charge on any atom is 0.358 e. The summed E-state index contributed by atoms with van der Waals surface area (Å²) in [6.45, 7) is 1.51. The highest BCUT2D eigenvalue weighted by atomic mass is 32.1. The SMILES string of the molecule is C[C@@H](OC(=O)c1csc(-c2ccccc2)n1)C(=O)NC1(C#N)CCCCC1. The van der Waals surface area contributed by atoms with Crippen molar-refractivity contribution in [1.82, 2.24) is 10.3 Å². The predicted molar refractivity (Wildman–Crippen MR) is 102 cm³/mol. The summed E-state index contributed by atoms with van der Waals surface area (Å²) in [4.78, 5) is 29.0. The van der Waals surface area contributed by atoms with Gasteiger partial charge in [0, 0.05) is 10.9 Å². The molecule has 7 heteroatoms. The van der Waals surface area contributed by atoms with Gasteiger partial charge in [-0.2, -0.15) is 5.26 Å². The number of thiazole rings is 1. The third-order valence-electron chi connectivity index (χ3n) is 4.67. The van der Waals surface area contributed by atoms with E-state index in [9.17, 15) is 14.9 Å². The highest BCUT2D eigenvalue weighted by molar-refractivity contribution is 7.13. The summed E-state index contributed by atoms with van der Waals surface area (Å²) in [5, 5.41) is 14.6. The van der Waals surface area contributed by atoms with E-state index in [1.165, 1.54) is 18.3 Å². The van der Waals surface area contributed by atoms with Gasteiger partial charge in [0.15, 0.2) is 11.8 Å². The molecule has 1 aliphatic carbocycles. The first-order valence-corrected chi connectivity index (χ1v) is 9.86.